The van der Waals surface area contributed by atoms with E-state index in [1.54, 1.807) is 6.20 Å². The average Bonchev–Trinajstić information content (AvgIpc) is 2.47. The van der Waals surface area contributed by atoms with E-state index in [2.05, 4.69) is 20.2 Å². The fraction of sp³-hybridized carbons (Fsp3) is 0.167. The lowest BCUT2D eigenvalue weighted by Gasteiger charge is -1.87. The van der Waals surface area contributed by atoms with Gasteiger partial charge in [-0.3, -0.25) is 5.10 Å². The summed E-state index contributed by atoms with van der Waals surface area (Å²) in [5.41, 5.74) is 7.84. The van der Waals surface area contributed by atoms with Gasteiger partial charge in [0.25, 0.3) is 0 Å². The Hall–Kier alpha value is -1.49. The Bertz CT molecular complexity index is 366. The molecule has 0 aliphatic rings. The minimum absolute atomic E-state index is 0.424. The average molecular weight is 149 g/mol. The van der Waals surface area contributed by atoms with Crippen molar-refractivity contribution in [3.8, 4) is 0 Å². The number of hydrogen-bond donors (Lipinski definition) is 2. The minimum Gasteiger partial charge on any atom is -0.325 e. The van der Waals surface area contributed by atoms with E-state index in [1.165, 1.54) is 6.33 Å². The first-order valence-corrected chi connectivity index (χ1v) is 3.25. The molecule has 2 aromatic heterocycles. The molecule has 0 spiro atoms. The summed E-state index contributed by atoms with van der Waals surface area (Å²) in [6, 6.07) is 0. The number of hydrogen-bond acceptors (Lipinski definition) is 4. The van der Waals surface area contributed by atoms with Gasteiger partial charge in [0.2, 0.25) is 0 Å². The molecule has 11 heavy (non-hydrogen) atoms. The van der Waals surface area contributed by atoms with E-state index >= 15 is 0 Å². The van der Waals surface area contributed by atoms with Gasteiger partial charge >= 0.3 is 0 Å². The van der Waals surface area contributed by atoms with Crippen molar-refractivity contribution in [2.24, 2.45) is 5.73 Å². The molecule has 0 aromatic carbocycles. The van der Waals surface area contributed by atoms with Crippen LogP contribution >= 0.6 is 0 Å². The van der Waals surface area contributed by atoms with Gasteiger partial charge in [0.1, 0.15) is 17.4 Å². The third-order valence-electron chi connectivity index (χ3n) is 1.49. The standard InChI is InChI=1S/C6H7N5/c7-1-4-6-5(11-10-4)2-8-3-9-6/h2-3H,1,7H2,(H,10,11). The summed E-state index contributed by atoms with van der Waals surface area (Å²) in [4.78, 5) is 7.85. The lowest BCUT2D eigenvalue weighted by molar-refractivity contribution is 0.956. The molecule has 0 amide bonds. The highest BCUT2D eigenvalue weighted by Crippen LogP contribution is 2.08. The van der Waals surface area contributed by atoms with E-state index in [0.29, 0.717) is 6.54 Å². The number of aromatic amines is 1. The predicted octanol–water partition coefficient (Wildman–Crippen LogP) is -0.188. The summed E-state index contributed by atoms with van der Waals surface area (Å²) >= 11 is 0. The number of aromatic nitrogens is 4. The van der Waals surface area contributed by atoms with E-state index in [9.17, 15) is 0 Å². The SMILES string of the molecule is NCc1[nH]nc2cncnc12. The lowest BCUT2D eigenvalue weighted by Crippen LogP contribution is -1.97. The molecule has 0 atom stereocenters. The van der Waals surface area contributed by atoms with Crippen molar-refractivity contribution in [1.82, 2.24) is 20.2 Å². The highest BCUT2D eigenvalue weighted by atomic mass is 15.1. The molecular weight excluding hydrogens is 142 g/mol. The molecule has 3 N–H and O–H groups in total. The molecule has 2 heterocycles. The smallest absolute Gasteiger partial charge is 0.129 e. The molecular formula is C6H7N5. The molecule has 56 valence electrons. The fourth-order valence-corrected chi connectivity index (χ4v) is 0.960. The second kappa shape index (κ2) is 2.28. The molecule has 0 fully saturated rings. The zero-order valence-corrected chi connectivity index (χ0v) is 5.78. The summed E-state index contributed by atoms with van der Waals surface area (Å²) in [7, 11) is 0. The van der Waals surface area contributed by atoms with Gasteiger partial charge in [-0.15, -0.1) is 0 Å². The van der Waals surface area contributed by atoms with Gasteiger partial charge in [-0.25, -0.2) is 9.97 Å². The number of nitrogens with two attached hydrogens (primary N) is 1. The quantitative estimate of drug-likeness (QED) is 0.589. The van der Waals surface area contributed by atoms with Crippen LogP contribution in [0.2, 0.25) is 0 Å². The van der Waals surface area contributed by atoms with Crippen LogP contribution in [-0.2, 0) is 6.54 Å². The maximum absolute atomic E-state index is 5.43. The first-order valence-electron chi connectivity index (χ1n) is 3.25. The predicted molar refractivity (Wildman–Crippen MR) is 39.6 cm³/mol. The van der Waals surface area contributed by atoms with Crippen molar-refractivity contribution in [1.29, 1.82) is 0 Å². The van der Waals surface area contributed by atoms with Crippen LogP contribution in [0.3, 0.4) is 0 Å². The Balaban J connectivity index is 2.76. The maximum Gasteiger partial charge on any atom is 0.129 e. The van der Waals surface area contributed by atoms with Gasteiger partial charge in [-0.1, -0.05) is 0 Å². The summed E-state index contributed by atoms with van der Waals surface area (Å²) in [5, 5.41) is 6.75. The highest BCUT2D eigenvalue weighted by molar-refractivity contribution is 5.75. The number of H-pyrrole nitrogens is 1. The van der Waals surface area contributed by atoms with E-state index in [4.69, 9.17) is 5.73 Å². The molecule has 0 aliphatic heterocycles. The molecule has 2 aromatic rings. The second-order valence-electron chi connectivity index (χ2n) is 2.16. The monoisotopic (exact) mass is 149 g/mol. The molecule has 0 radical (unpaired) electrons. The van der Waals surface area contributed by atoms with E-state index in [0.717, 1.165) is 16.7 Å². The molecule has 0 aliphatic carbocycles. The van der Waals surface area contributed by atoms with E-state index in [-0.39, 0.29) is 0 Å². The van der Waals surface area contributed by atoms with Gasteiger partial charge in [0.15, 0.2) is 0 Å². The van der Waals surface area contributed by atoms with Crippen LogP contribution in [0.15, 0.2) is 12.5 Å². The van der Waals surface area contributed by atoms with E-state index < -0.39 is 0 Å². The van der Waals surface area contributed by atoms with Crippen LogP contribution < -0.4 is 5.73 Å². The van der Waals surface area contributed by atoms with Crippen molar-refractivity contribution in [3.05, 3.63) is 18.2 Å². The Labute approximate surface area is 62.7 Å². The maximum atomic E-state index is 5.43. The Morgan fingerprint density at radius 2 is 2.45 bits per heavy atom. The summed E-state index contributed by atoms with van der Waals surface area (Å²) in [5.74, 6) is 0. The van der Waals surface area contributed by atoms with Gasteiger partial charge in [-0.2, -0.15) is 5.10 Å². The third kappa shape index (κ3) is 0.857. The van der Waals surface area contributed by atoms with Crippen LogP contribution in [0.25, 0.3) is 11.0 Å². The largest absolute Gasteiger partial charge is 0.325 e. The molecule has 0 unspecified atom stereocenters. The van der Waals surface area contributed by atoms with Crippen molar-refractivity contribution < 1.29 is 0 Å². The zero-order valence-electron chi connectivity index (χ0n) is 5.78. The van der Waals surface area contributed by atoms with Crippen LogP contribution in [-0.4, -0.2) is 20.2 Å². The first kappa shape index (κ1) is 6.23. The van der Waals surface area contributed by atoms with Crippen molar-refractivity contribution in [2.45, 2.75) is 6.54 Å². The Morgan fingerprint density at radius 1 is 1.55 bits per heavy atom. The molecule has 5 nitrogen and oxygen atoms in total. The molecule has 5 heteroatoms. The van der Waals surface area contributed by atoms with Crippen molar-refractivity contribution >= 4 is 11.0 Å². The van der Waals surface area contributed by atoms with Gasteiger partial charge in [0, 0.05) is 6.54 Å². The van der Waals surface area contributed by atoms with Crippen molar-refractivity contribution in [3.63, 3.8) is 0 Å². The van der Waals surface area contributed by atoms with Crippen LogP contribution in [0.1, 0.15) is 5.69 Å². The summed E-state index contributed by atoms with van der Waals surface area (Å²) in [6.45, 7) is 0.424. The highest BCUT2D eigenvalue weighted by Gasteiger charge is 2.02. The van der Waals surface area contributed by atoms with Crippen LogP contribution in [0.4, 0.5) is 0 Å². The van der Waals surface area contributed by atoms with Crippen LogP contribution in [0, 0.1) is 0 Å². The van der Waals surface area contributed by atoms with Gasteiger partial charge in [-0.05, 0) is 0 Å². The normalized spacial score (nSPS) is 10.6. The minimum atomic E-state index is 0.424. The second-order valence-corrected chi connectivity index (χ2v) is 2.16. The number of rotatable bonds is 1. The fourth-order valence-electron chi connectivity index (χ4n) is 0.960. The molecule has 2 rings (SSSR count). The van der Waals surface area contributed by atoms with E-state index in [1.807, 2.05) is 0 Å². The molecule has 0 saturated heterocycles. The van der Waals surface area contributed by atoms with Gasteiger partial charge < -0.3 is 5.73 Å². The first-order chi connectivity index (χ1) is 5.42. The third-order valence-corrected chi connectivity index (χ3v) is 1.49. The summed E-state index contributed by atoms with van der Waals surface area (Å²) in [6.07, 6.45) is 3.13. The summed E-state index contributed by atoms with van der Waals surface area (Å²) < 4.78 is 0. The molecule has 0 bridgehead atoms. The zero-order chi connectivity index (χ0) is 7.68. The van der Waals surface area contributed by atoms with Crippen LogP contribution in [0.5, 0.6) is 0 Å². The Kier molecular flexibility index (Phi) is 1.29. The Morgan fingerprint density at radius 3 is 3.27 bits per heavy atom. The number of fused-ring (bicyclic) bond motifs is 1. The topological polar surface area (TPSA) is 80.5 Å². The molecule has 0 saturated carbocycles. The lowest BCUT2D eigenvalue weighted by atomic mass is 10.3. The number of nitrogens with one attached hydrogen (secondary N) is 1. The number of nitrogens with zero attached hydrogens (tertiary/aromatic N) is 3. The van der Waals surface area contributed by atoms with Crippen molar-refractivity contribution in [2.75, 3.05) is 0 Å². The van der Waals surface area contributed by atoms with Gasteiger partial charge in [0.05, 0.1) is 11.9 Å².